The molecule has 0 radical (unpaired) electrons. The number of pyridine rings is 1. The first-order valence-corrected chi connectivity index (χ1v) is 18.6. The summed E-state index contributed by atoms with van der Waals surface area (Å²) >= 11 is 0. The van der Waals surface area contributed by atoms with E-state index in [2.05, 4.69) is 115 Å². The minimum absolute atomic E-state index is 0.749. The van der Waals surface area contributed by atoms with Gasteiger partial charge in [0.05, 0.1) is 36.0 Å². The van der Waals surface area contributed by atoms with E-state index in [1.54, 1.807) is 0 Å². The fraction of sp³-hybridized carbons (Fsp3) is 0.174. The van der Waals surface area contributed by atoms with E-state index >= 15 is 0 Å². The number of rotatable bonds is 11. The van der Waals surface area contributed by atoms with Crippen LogP contribution in [0.25, 0.3) is 55.6 Å². The zero-order valence-corrected chi connectivity index (χ0v) is 29.7. The number of hydrogen-bond acceptors (Lipinski definition) is 3. The lowest BCUT2D eigenvalue weighted by Crippen LogP contribution is -2.44. The van der Waals surface area contributed by atoms with Gasteiger partial charge in [-0.05, 0) is 73.0 Å². The van der Waals surface area contributed by atoms with Gasteiger partial charge in [-0.15, -0.1) is 0 Å². The summed E-state index contributed by atoms with van der Waals surface area (Å²) in [7, 11) is 0. The maximum Gasteiger partial charge on any atom is 0.146 e. The van der Waals surface area contributed by atoms with Gasteiger partial charge >= 0.3 is 0 Å². The van der Waals surface area contributed by atoms with Gasteiger partial charge in [0.1, 0.15) is 28.7 Å². The highest BCUT2D eigenvalue weighted by Gasteiger charge is 2.43. The number of unbranched alkanes of at least 4 members (excludes halogenated alkanes) is 2. The molecule has 4 heterocycles. The molecule has 0 bridgehead atoms. The number of quaternary nitrogens is 1. The van der Waals surface area contributed by atoms with Crippen LogP contribution in [0.1, 0.15) is 39.5 Å². The predicted molar refractivity (Wildman–Crippen MR) is 214 cm³/mol. The first-order chi connectivity index (χ1) is 25.7. The molecule has 0 atom stereocenters. The Morgan fingerprint density at radius 1 is 0.615 bits per heavy atom. The zero-order valence-electron chi connectivity index (χ0n) is 29.7. The summed E-state index contributed by atoms with van der Waals surface area (Å²) in [5.41, 5.74) is 11.0. The summed E-state index contributed by atoms with van der Waals surface area (Å²) in [5, 5.41) is 7.18. The fourth-order valence-electron chi connectivity index (χ4n) is 8.13. The molecule has 9 rings (SSSR count). The van der Waals surface area contributed by atoms with Crippen molar-refractivity contribution in [3.63, 3.8) is 0 Å². The first kappa shape index (κ1) is 32.0. The summed E-state index contributed by atoms with van der Waals surface area (Å²) in [5.74, 6) is 2.39. The lowest BCUT2D eigenvalue weighted by atomic mass is 10.0. The third-order valence-electron chi connectivity index (χ3n) is 10.7. The highest BCUT2D eigenvalue weighted by atomic mass is 16.5. The molecule has 6 nitrogen and oxygen atoms in total. The molecule has 0 fully saturated rings. The van der Waals surface area contributed by atoms with Crippen molar-refractivity contribution in [3.8, 4) is 45.3 Å². The van der Waals surface area contributed by atoms with Gasteiger partial charge in [0.25, 0.3) is 0 Å². The molecule has 0 saturated carbocycles. The number of benzene rings is 5. The third kappa shape index (κ3) is 5.38. The Kier molecular flexibility index (Phi) is 8.17. The molecule has 1 aliphatic rings. The Bertz CT molecular complexity index is 2540. The summed E-state index contributed by atoms with van der Waals surface area (Å²) in [6, 6.07) is 45.0. The van der Waals surface area contributed by atoms with E-state index in [-0.39, 0.29) is 0 Å². The molecule has 0 spiro atoms. The van der Waals surface area contributed by atoms with Gasteiger partial charge in [0.15, 0.2) is 0 Å². The van der Waals surface area contributed by atoms with E-state index in [0.29, 0.717) is 0 Å². The zero-order chi connectivity index (χ0) is 35.1. The molecule has 6 heteroatoms. The lowest BCUT2D eigenvalue weighted by molar-refractivity contribution is 0.372. The normalized spacial score (nSPS) is 13.0. The van der Waals surface area contributed by atoms with Crippen molar-refractivity contribution in [1.82, 2.24) is 23.8 Å². The highest BCUT2D eigenvalue weighted by Crippen LogP contribution is 2.54. The second-order valence-electron chi connectivity index (χ2n) is 13.9. The Hall–Kier alpha value is -5.98. The smallest absolute Gasteiger partial charge is 0.146 e. The second-order valence-corrected chi connectivity index (χ2v) is 13.9. The van der Waals surface area contributed by atoms with Gasteiger partial charge in [-0.1, -0.05) is 75.2 Å². The Morgan fingerprint density at radius 2 is 1.38 bits per heavy atom. The van der Waals surface area contributed by atoms with Gasteiger partial charge < -0.3 is 4.74 Å². The Labute approximate surface area is 304 Å². The molecule has 0 saturated heterocycles. The second kappa shape index (κ2) is 13.3. The molecular formula is C46H42N5O+. The molecule has 3 aromatic heterocycles. The average Bonchev–Trinajstić information content (AvgIpc) is 3.89. The molecule has 52 heavy (non-hydrogen) atoms. The van der Waals surface area contributed by atoms with Crippen LogP contribution in [0.3, 0.4) is 0 Å². The molecule has 0 amide bonds. The monoisotopic (exact) mass is 680 g/mol. The molecule has 0 N–H and O–H groups in total. The van der Waals surface area contributed by atoms with E-state index in [1.165, 1.54) is 59.1 Å². The van der Waals surface area contributed by atoms with Crippen molar-refractivity contribution in [2.75, 3.05) is 13.1 Å². The standard InChI is InChI=1S/C46H42N5O/c1-3-5-26-51(27-6-4-2)44-19-10-8-17-40(44)41-23-21-33(28-45(41)51)34-31-48-49(32-34)35-14-13-15-36(29-35)52-37-22-24-39-38-16-7-9-18-42(38)50(43(39)30-37)46-20-11-12-25-47-46/h7-25,28-32H,3-6,26-27H2,1-2H3/q+1. The van der Waals surface area contributed by atoms with Gasteiger partial charge in [-0.2, -0.15) is 5.10 Å². The minimum atomic E-state index is 0.749. The first-order valence-electron chi connectivity index (χ1n) is 18.6. The summed E-state index contributed by atoms with van der Waals surface area (Å²) in [6.45, 7) is 6.83. The quantitative estimate of drug-likeness (QED) is 0.128. The Morgan fingerprint density at radius 3 is 2.23 bits per heavy atom. The number of ether oxygens (including phenoxy) is 1. The number of nitrogens with zero attached hydrogens (tertiary/aromatic N) is 5. The topological polar surface area (TPSA) is 44.9 Å². The van der Waals surface area contributed by atoms with E-state index in [0.717, 1.165) is 62.6 Å². The molecule has 1 aliphatic heterocycles. The third-order valence-corrected chi connectivity index (χ3v) is 10.7. The van der Waals surface area contributed by atoms with Crippen LogP contribution in [-0.2, 0) is 0 Å². The van der Waals surface area contributed by atoms with Crippen molar-refractivity contribution in [1.29, 1.82) is 0 Å². The number of aromatic nitrogens is 4. The lowest BCUT2D eigenvalue weighted by Gasteiger charge is -2.35. The molecular weight excluding hydrogens is 639 g/mol. The van der Waals surface area contributed by atoms with E-state index in [4.69, 9.17) is 9.84 Å². The van der Waals surface area contributed by atoms with E-state index in [9.17, 15) is 0 Å². The van der Waals surface area contributed by atoms with Crippen LogP contribution < -0.4 is 9.22 Å². The predicted octanol–water partition coefficient (Wildman–Crippen LogP) is 12.0. The van der Waals surface area contributed by atoms with Gasteiger partial charge in [0.2, 0.25) is 0 Å². The summed E-state index contributed by atoms with van der Waals surface area (Å²) < 4.78 is 11.6. The van der Waals surface area contributed by atoms with E-state index in [1.807, 2.05) is 59.5 Å². The average molecular weight is 681 g/mol. The highest BCUT2D eigenvalue weighted by molar-refractivity contribution is 6.09. The van der Waals surface area contributed by atoms with E-state index < -0.39 is 0 Å². The van der Waals surface area contributed by atoms with Crippen LogP contribution in [0.5, 0.6) is 11.5 Å². The van der Waals surface area contributed by atoms with Crippen LogP contribution in [0, 0.1) is 0 Å². The van der Waals surface area contributed by atoms with Gasteiger partial charge in [-0.25, -0.2) is 9.67 Å². The molecule has 0 aliphatic carbocycles. The van der Waals surface area contributed by atoms with Crippen LogP contribution in [0.4, 0.5) is 11.4 Å². The molecule has 8 aromatic rings. The number of para-hydroxylation sites is 2. The molecule has 0 unspecified atom stereocenters. The van der Waals surface area contributed by atoms with Crippen LogP contribution in [0.2, 0.25) is 0 Å². The van der Waals surface area contributed by atoms with Crippen LogP contribution >= 0.6 is 0 Å². The minimum Gasteiger partial charge on any atom is -0.457 e. The van der Waals surface area contributed by atoms with Gasteiger partial charge in [0, 0.05) is 64.1 Å². The fourth-order valence-corrected chi connectivity index (χ4v) is 8.13. The maximum absolute atomic E-state index is 6.52. The van der Waals surface area contributed by atoms with Crippen molar-refractivity contribution in [2.24, 2.45) is 0 Å². The number of hydrogen-bond donors (Lipinski definition) is 0. The van der Waals surface area contributed by atoms with Crippen molar-refractivity contribution in [3.05, 3.63) is 146 Å². The maximum atomic E-state index is 6.52. The van der Waals surface area contributed by atoms with Crippen LogP contribution in [-0.4, -0.2) is 32.4 Å². The van der Waals surface area contributed by atoms with Crippen molar-refractivity contribution in [2.45, 2.75) is 39.5 Å². The van der Waals surface area contributed by atoms with Crippen molar-refractivity contribution < 1.29 is 4.74 Å². The van der Waals surface area contributed by atoms with Crippen molar-refractivity contribution >= 4 is 33.2 Å². The molecule has 5 aromatic carbocycles. The number of fused-ring (bicyclic) bond motifs is 6. The summed E-state index contributed by atoms with van der Waals surface area (Å²) in [6.07, 6.45) is 10.7. The largest absolute Gasteiger partial charge is 0.457 e. The van der Waals surface area contributed by atoms with Crippen LogP contribution in [0.15, 0.2) is 146 Å². The summed E-state index contributed by atoms with van der Waals surface area (Å²) in [4.78, 5) is 4.67. The van der Waals surface area contributed by atoms with Gasteiger partial charge in [-0.3, -0.25) is 9.05 Å². The SMILES string of the molecule is CCCC[N+]1(CCCC)c2ccccc2-c2ccc(-c3cnn(-c4cccc(Oc5ccc6c7ccccc7n(-c7ccccn7)c6c5)c4)c3)cc21. The molecule has 256 valence electrons. The Balaban J connectivity index is 1.03.